The highest BCUT2D eigenvalue weighted by atomic mass is 32.1. The molecule has 3 heterocycles. The molecule has 0 radical (unpaired) electrons. The molecule has 0 aliphatic rings. The van der Waals surface area contributed by atoms with Gasteiger partial charge in [-0.2, -0.15) is 4.68 Å². The molecule has 3 aromatic rings. The van der Waals surface area contributed by atoms with Crippen molar-refractivity contribution >= 4 is 22.7 Å². The summed E-state index contributed by atoms with van der Waals surface area (Å²) in [7, 11) is 0. The van der Waals surface area contributed by atoms with Crippen LogP contribution in [0, 0.1) is 0 Å². The van der Waals surface area contributed by atoms with Gasteiger partial charge in [0.1, 0.15) is 16.4 Å². The van der Waals surface area contributed by atoms with Gasteiger partial charge in [-0.05, 0) is 11.4 Å². The number of hydrogen-bond donors (Lipinski definition) is 1. The van der Waals surface area contributed by atoms with Gasteiger partial charge in [0.2, 0.25) is 5.13 Å². The molecule has 0 saturated heterocycles. The molecule has 20 heavy (non-hydrogen) atoms. The van der Waals surface area contributed by atoms with E-state index >= 15 is 0 Å². The van der Waals surface area contributed by atoms with Crippen LogP contribution in [0.4, 0.5) is 0 Å². The van der Waals surface area contributed by atoms with Crippen LogP contribution in [0.15, 0.2) is 17.5 Å². The molecular weight excluding hydrogens is 294 g/mol. The Bertz CT molecular complexity index is 701. The van der Waals surface area contributed by atoms with Gasteiger partial charge in [0.25, 0.3) is 0 Å². The minimum Gasteiger partial charge on any atom is -0.390 e. The Morgan fingerprint density at radius 3 is 2.75 bits per heavy atom. The largest absolute Gasteiger partial charge is 0.390 e. The molecule has 0 spiro atoms. The third-order valence-electron chi connectivity index (χ3n) is 2.75. The van der Waals surface area contributed by atoms with E-state index in [0.29, 0.717) is 16.7 Å². The molecule has 0 aliphatic heterocycles. The lowest BCUT2D eigenvalue weighted by molar-refractivity contribution is 0.277. The van der Waals surface area contributed by atoms with Gasteiger partial charge < -0.3 is 5.11 Å². The Morgan fingerprint density at radius 2 is 2.15 bits per heavy atom. The van der Waals surface area contributed by atoms with E-state index in [4.69, 9.17) is 0 Å². The summed E-state index contributed by atoms with van der Waals surface area (Å²) in [6.45, 7) is 4.00. The van der Waals surface area contributed by atoms with Gasteiger partial charge in [0.05, 0.1) is 11.5 Å². The van der Waals surface area contributed by atoms with Crippen molar-refractivity contribution in [2.75, 3.05) is 0 Å². The van der Waals surface area contributed by atoms with Gasteiger partial charge in [0, 0.05) is 5.92 Å². The fourth-order valence-corrected chi connectivity index (χ4v) is 3.34. The molecule has 0 amide bonds. The maximum atomic E-state index is 9.43. The molecule has 8 heteroatoms. The molecule has 3 aromatic heterocycles. The van der Waals surface area contributed by atoms with Crippen molar-refractivity contribution in [3.05, 3.63) is 28.2 Å². The standard InChI is InChI=1S/C12H13N5OS2/c1-7(2)11-14-15-12(20-11)17-10(8(6-18)13-16-17)9-4-3-5-19-9/h3-5,7,18H,6H2,1-2H3. The fourth-order valence-electron chi connectivity index (χ4n) is 1.76. The number of aromatic nitrogens is 5. The Balaban J connectivity index is 2.11. The van der Waals surface area contributed by atoms with E-state index in [0.717, 1.165) is 15.6 Å². The average Bonchev–Trinajstić information content (AvgIpc) is 3.17. The molecule has 6 nitrogen and oxygen atoms in total. The second-order valence-electron chi connectivity index (χ2n) is 4.51. The number of nitrogens with zero attached hydrogens (tertiary/aromatic N) is 5. The SMILES string of the molecule is CC(C)c1nnc(-n2nnc(CO)c2-c2cccs2)s1. The Morgan fingerprint density at radius 1 is 1.30 bits per heavy atom. The zero-order chi connectivity index (χ0) is 14.1. The van der Waals surface area contributed by atoms with Gasteiger partial charge in [-0.15, -0.1) is 26.6 Å². The first-order valence-electron chi connectivity index (χ1n) is 6.13. The lowest BCUT2D eigenvalue weighted by Gasteiger charge is -2.01. The molecule has 0 aliphatic carbocycles. The summed E-state index contributed by atoms with van der Waals surface area (Å²) in [5.74, 6) is 0.326. The molecule has 0 atom stereocenters. The maximum Gasteiger partial charge on any atom is 0.234 e. The van der Waals surface area contributed by atoms with Gasteiger partial charge in [-0.25, -0.2) is 0 Å². The zero-order valence-corrected chi connectivity index (χ0v) is 12.6. The van der Waals surface area contributed by atoms with Crippen molar-refractivity contribution in [1.29, 1.82) is 0 Å². The van der Waals surface area contributed by atoms with Crippen molar-refractivity contribution in [2.24, 2.45) is 0 Å². The summed E-state index contributed by atoms with van der Waals surface area (Å²) in [5, 5.41) is 29.5. The van der Waals surface area contributed by atoms with E-state index in [1.807, 2.05) is 17.5 Å². The Kier molecular flexibility index (Phi) is 3.60. The van der Waals surface area contributed by atoms with Gasteiger partial charge in [0.15, 0.2) is 0 Å². The molecule has 0 bridgehead atoms. The number of aliphatic hydroxyl groups is 1. The third kappa shape index (κ3) is 2.26. The topological polar surface area (TPSA) is 76.7 Å². The van der Waals surface area contributed by atoms with Crippen molar-refractivity contribution in [2.45, 2.75) is 26.4 Å². The molecular formula is C12H13N5OS2. The molecule has 0 fully saturated rings. The lowest BCUT2D eigenvalue weighted by atomic mass is 10.2. The minimum absolute atomic E-state index is 0.150. The van der Waals surface area contributed by atoms with E-state index < -0.39 is 0 Å². The Labute approximate surface area is 123 Å². The van der Waals surface area contributed by atoms with E-state index in [-0.39, 0.29) is 6.61 Å². The highest BCUT2D eigenvalue weighted by Gasteiger charge is 2.19. The van der Waals surface area contributed by atoms with Crippen LogP contribution >= 0.6 is 22.7 Å². The number of hydrogen-bond acceptors (Lipinski definition) is 7. The van der Waals surface area contributed by atoms with Gasteiger partial charge in [-0.3, -0.25) is 0 Å². The Hall–Kier alpha value is -1.64. The summed E-state index contributed by atoms with van der Waals surface area (Å²) in [6.07, 6.45) is 0. The quantitative estimate of drug-likeness (QED) is 0.801. The first kappa shape index (κ1) is 13.3. The lowest BCUT2D eigenvalue weighted by Crippen LogP contribution is -1.98. The minimum atomic E-state index is -0.150. The van der Waals surface area contributed by atoms with Crippen LogP contribution in [0.5, 0.6) is 0 Å². The zero-order valence-electron chi connectivity index (χ0n) is 11.0. The van der Waals surface area contributed by atoms with Crippen LogP contribution in [0.1, 0.15) is 30.5 Å². The second kappa shape index (κ2) is 5.39. The van der Waals surface area contributed by atoms with Gasteiger partial charge in [-0.1, -0.05) is 36.5 Å². The van der Waals surface area contributed by atoms with Crippen LogP contribution in [0.2, 0.25) is 0 Å². The van der Waals surface area contributed by atoms with E-state index in [2.05, 4.69) is 34.4 Å². The first-order chi connectivity index (χ1) is 9.70. The fraction of sp³-hybridized carbons (Fsp3) is 0.333. The molecule has 0 saturated carbocycles. The van der Waals surface area contributed by atoms with Crippen molar-refractivity contribution in [3.8, 4) is 15.7 Å². The van der Waals surface area contributed by atoms with Gasteiger partial charge >= 0.3 is 0 Å². The highest BCUT2D eigenvalue weighted by Crippen LogP contribution is 2.31. The predicted octanol–water partition coefficient (Wildman–Crippen LogP) is 2.46. The summed E-state index contributed by atoms with van der Waals surface area (Å²) in [4.78, 5) is 1.00. The molecule has 3 rings (SSSR count). The molecule has 0 unspecified atom stereocenters. The van der Waals surface area contributed by atoms with Crippen LogP contribution in [0.25, 0.3) is 15.7 Å². The van der Waals surface area contributed by atoms with Crippen LogP contribution in [0.3, 0.4) is 0 Å². The molecule has 104 valence electrons. The summed E-state index contributed by atoms with van der Waals surface area (Å²) >= 11 is 3.07. The number of thiophene rings is 1. The summed E-state index contributed by atoms with van der Waals surface area (Å²) in [6, 6.07) is 3.93. The van der Waals surface area contributed by atoms with E-state index in [1.165, 1.54) is 11.3 Å². The normalized spacial score (nSPS) is 11.4. The van der Waals surface area contributed by atoms with Crippen molar-refractivity contribution < 1.29 is 5.11 Å². The van der Waals surface area contributed by atoms with Crippen molar-refractivity contribution in [3.63, 3.8) is 0 Å². The highest BCUT2D eigenvalue weighted by molar-refractivity contribution is 7.14. The monoisotopic (exact) mass is 307 g/mol. The number of rotatable bonds is 4. The van der Waals surface area contributed by atoms with E-state index in [9.17, 15) is 5.11 Å². The van der Waals surface area contributed by atoms with Crippen LogP contribution in [-0.4, -0.2) is 30.3 Å². The third-order valence-corrected chi connectivity index (χ3v) is 4.83. The molecule has 0 aromatic carbocycles. The second-order valence-corrected chi connectivity index (χ2v) is 6.44. The first-order valence-corrected chi connectivity index (χ1v) is 7.83. The number of aliphatic hydroxyl groups excluding tert-OH is 1. The maximum absolute atomic E-state index is 9.43. The molecule has 1 N–H and O–H groups in total. The van der Waals surface area contributed by atoms with Crippen LogP contribution < -0.4 is 0 Å². The summed E-state index contributed by atoms with van der Waals surface area (Å²) in [5.41, 5.74) is 1.34. The van der Waals surface area contributed by atoms with Crippen LogP contribution in [-0.2, 0) is 6.61 Å². The predicted molar refractivity (Wildman–Crippen MR) is 78.2 cm³/mol. The van der Waals surface area contributed by atoms with Crippen molar-refractivity contribution in [1.82, 2.24) is 25.2 Å². The summed E-state index contributed by atoms with van der Waals surface area (Å²) < 4.78 is 1.65. The average molecular weight is 307 g/mol. The van der Waals surface area contributed by atoms with E-state index in [1.54, 1.807) is 16.0 Å². The smallest absolute Gasteiger partial charge is 0.234 e.